The number of aryl methyl sites for hydroxylation is 1. The van der Waals surface area contributed by atoms with E-state index in [4.69, 9.17) is 9.47 Å². The van der Waals surface area contributed by atoms with Gasteiger partial charge in [0, 0.05) is 23.9 Å². The summed E-state index contributed by atoms with van der Waals surface area (Å²) in [5, 5.41) is 11.7. The molecule has 0 radical (unpaired) electrons. The molecule has 152 valence electrons. The number of ether oxygens (including phenoxy) is 2. The Labute approximate surface area is 174 Å². The highest BCUT2D eigenvalue weighted by Gasteiger charge is 2.13. The summed E-state index contributed by atoms with van der Waals surface area (Å²) in [6.07, 6.45) is 3.26. The van der Waals surface area contributed by atoms with Gasteiger partial charge in [-0.3, -0.25) is 9.48 Å². The molecule has 0 aliphatic rings. The van der Waals surface area contributed by atoms with Crippen molar-refractivity contribution in [3.05, 3.63) is 58.1 Å². The lowest BCUT2D eigenvalue weighted by molar-refractivity contribution is -0.116. The SMILES string of the molecule is COc1ccc(C=CC(=O)NCCn2nc(C)c(-c3ccsc3)c2C)cc1OC. The standard InChI is InChI=1S/C22H25N3O3S/c1-15-22(18-9-12-29-14-18)16(2)25(24-15)11-10-23-21(26)8-6-17-5-7-19(27-3)20(13-17)28-4/h5-9,12-14H,10-11H2,1-4H3,(H,23,26). The van der Waals surface area contributed by atoms with E-state index in [9.17, 15) is 4.79 Å². The molecule has 29 heavy (non-hydrogen) atoms. The molecule has 1 N–H and O–H groups in total. The summed E-state index contributed by atoms with van der Waals surface area (Å²) in [5.41, 5.74) is 5.33. The molecule has 2 aromatic heterocycles. The molecule has 1 aromatic carbocycles. The molecule has 2 heterocycles. The first-order valence-electron chi connectivity index (χ1n) is 9.28. The van der Waals surface area contributed by atoms with E-state index in [1.54, 1.807) is 31.6 Å². The third-order valence-electron chi connectivity index (χ3n) is 4.65. The van der Waals surface area contributed by atoms with E-state index in [1.807, 2.05) is 29.8 Å². The van der Waals surface area contributed by atoms with Crippen molar-refractivity contribution in [2.75, 3.05) is 20.8 Å². The average molecular weight is 412 g/mol. The van der Waals surface area contributed by atoms with Crippen LogP contribution in [0.2, 0.25) is 0 Å². The number of benzene rings is 1. The highest BCUT2D eigenvalue weighted by Crippen LogP contribution is 2.29. The number of rotatable bonds is 8. The van der Waals surface area contributed by atoms with E-state index in [1.165, 1.54) is 17.2 Å². The topological polar surface area (TPSA) is 65.4 Å². The Hall–Kier alpha value is -3.06. The van der Waals surface area contributed by atoms with Crippen LogP contribution in [0.4, 0.5) is 0 Å². The second-order valence-electron chi connectivity index (χ2n) is 6.52. The number of thiophene rings is 1. The Morgan fingerprint density at radius 1 is 1.21 bits per heavy atom. The molecule has 0 aliphatic carbocycles. The lowest BCUT2D eigenvalue weighted by atomic mass is 10.1. The van der Waals surface area contributed by atoms with Crippen molar-refractivity contribution in [1.82, 2.24) is 15.1 Å². The van der Waals surface area contributed by atoms with Gasteiger partial charge in [0.25, 0.3) is 0 Å². The van der Waals surface area contributed by atoms with Crippen molar-refractivity contribution in [3.8, 4) is 22.6 Å². The van der Waals surface area contributed by atoms with Gasteiger partial charge >= 0.3 is 0 Å². The van der Waals surface area contributed by atoms with Crippen LogP contribution in [0.25, 0.3) is 17.2 Å². The number of carbonyl (C=O) groups excluding carboxylic acids is 1. The Balaban J connectivity index is 1.57. The molecular formula is C22H25N3O3S. The van der Waals surface area contributed by atoms with Crippen LogP contribution in [-0.2, 0) is 11.3 Å². The van der Waals surface area contributed by atoms with Gasteiger partial charge in [0.1, 0.15) is 0 Å². The van der Waals surface area contributed by atoms with Gasteiger partial charge in [-0.15, -0.1) is 0 Å². The first kappa shape index (κ1) is 20.7. The van der Waals surface area contributed by atoms with E-state index in [0.717, 1.165) is 17.0 Å². The predicted octanol–water partition coefficient (Wildman–Crippen LogP) is 4.08. The summed E-state index contributed by atoms with van der Waals surface area (Å²) in [5.74, 6) is 1.13. The molecule has 0 spiro atoms. The van der Waals surface area contributed by atoms with Crippen LogP contribution in [0.5, 0.6) is 11.5 Å². The molecule has 3 rings (SSSR count). The summed E-state index contributed by atoms with van der Waals surface area (Å²) in [4.78, 5) is 12.1. The zero-order valence-corrected chi connectivity index (χ0v) is 17.9. The molecule has 0 unspecified atom stereocenters. The molecule has 0 fully saturated rings. The maximum absolute atomic E-state index is 12.1. The summed E-state index contributed by atoms with van der Waals surface area (Å²) in [6.45, 7) is 5.19. The van der Waals surface area contributed by atoms with Gasteiger partial charge in [0.15, 0.2) is 11.5 Å². The molecule has 7 heteroatoms. The molecule has 0 bridgehead atoms. The lowest BCUT2D eigenvalue weighted by Gasteiger charge is -2.08. The highest BCUT2D eigenvalue weighted by atomic mass is 32.1. The molecule has 0 aliphatic heterocycles. The molecule has 6 nitrogen and oxygen atoms in total. The van der Waals surface area contributed by atoms with E-state index in [2.05, 4.69) is 34.2 Å². The number of nitrogens with zero attached hydrogens (tertiary/aromatic N) is 2. The third-order valence-corrected chi connectivity index (χ3v) is 5.33. The van der Waals surface area contributed by atoms with Gasteiger partial charge in [-0.25, -0.2) is 0 Å². The summed E-state index contributed by atoms with van der Waals surface area (Å²) in [6, 6.07) is 7.61. The quantitative estimate of drug-likeness (QED) is 0.568. The van der Waals surface area contributed by atoms with Crippen LogP contribution in [0.1, 0.15) is 17.0 Å². The van der Waals surface area contributed by atoms with Crippen molar-refractivity contribution in [2.24, 2.45) is 0 Å². The average Bonchev–Trinajstić information content (AvgIpc) is 3.34. The molecule has 3 aromatic rings. The number of amides is 1. The fraction of sp³-hybridized carbons (Fsp3) is 0.273. The van der Waals surface area contributed by atoms with Crippen LogP contribution >= 0.6 is 11.3 Å². The van der Waals surface area contributed by atoms with Crippen molar-refractivity contribution >= 4 is 23.3 Å². The zero-order valence-electron chi connectivity index (χ0n) is 17.1. The fourth-order valence-electron chi connectivity index (χ4n) is 3.21. The van der Waals surface area contributed by atoms with E-state index >= 15 is 0 Å². The Kier molecular flexibility index (Phi) is 6.72. The van der Waals surface area contributed by atoms with Gasteiger partial charge in [0.05, 0.1) is 26.5 Å². The van der Waals surface area contributed by atoms with E-state index in [-0.39, 0.29) is 5.91 Å². The second-order valence-corrected chi connectivity index (χ2v) is 7.30. The van der Waals surface area contributed by atoms with Crippen LogP contribution in [0.15, 0.2) is 41.1 Å². The van der Waals surface area contributed by atoms with Crippen LogP contribution in [-0.4, -0.2) is 36.5 Å². The van der Waals surface area contributed by atoms with E-state index in [0.29, 0.717) is 24.6 Å². The minimum atomic E-state index is -0.153. The molecule has 0 saturated heterocycles. The number of hydrogen-bond acceptors (Lipinski definition) is 5. The van der Waals surface area contributed by atoms with Gasteiger partial charge in [-0.1, -0.05) is 6.07 Å². The minimum absolute atomic E-state index is 0.153. The molecule has 1 amide bonds. The number of carbonyl (C=O) groups is 1. The number of methoxy groups -OCH3 is 2. The Morgan fingerprint density at radius 3 is 2.69 bits per heavy atom. The minimum Gasteiger partial charge on any atom is -0.493 e. The van der Waals surface area contributed by atoms with Crippen LogP contribution in [0.3, 0.4) is 0 Å². The normalized spacial score (nSPS) is 11.0. The first-order chi connectivity index (χ1) is 14.0. The highest BCUT2D eigenvalue weighted by molar-refractivity contribution is 7.08. The first-order valence-corrected chi connectivity index (χ1v) is 10.2. The molecule has 0 atom stereocenters. The van der Waals surface area contributed by atoms with Crippen molar-refractivity contribution < 1.29 is 14.3 Å². The number of nitrogens with one attached hydrogen (secondary N) is 1. The maximum Gasteiger partial charge on any atom is 0.244 e. The van der Waals surface area contributed by atoms with Crippen LogP contribution < -0.4 is 14.8 Å². The summed E-state index contributed by atoms with van der Waals surface area (Å²) >= 11 is 1.67. The number of hydrogen-bond donors (Lipinski definition) is 1. The van der Waals surface area contributed by atoms with Gasteiger partial charge in [-0.05, 0) is 60.0 Å². The van der Waals surface area contributed by atoms with E-state index < -0.39 is 0 Å². The lowest BCUT2D eigenvalue weighted by Crippen LogP contribution is -2.26. The summed E-state index contributed by atoms with van der Waals surface area (Å²) in [7, 11) is 3.17. The monoisotopic (exact) mass is 411 g/mol. The fourth-order valence-corrected chi connectivity index (χ4v) is 3.86. The van der Waals surface area contributed by atoms with Crippen LogP contribution in [0, 0.1) is 13.8 Å². The second kappa shape index (κ2) is 9.43. The van der Waals surface area contributed by atoms with Crippen molar-refractivity contribution in [3.63, 3.8) is 0 Å². The van der Waals surface area contributed by atoms with Crippen molar-refractivity contribution in [2.45, 2.75) is 20.4 Å². The van der Waals surface area contributed by atoms with Gasteiger partial charge < -0.3 is 14.8 Å². The summed E-state index contributed by atoms with van der Waals surface area (Å²) < 4.78 is 12.4. The maximum atomic E-state index is 12.1. The van der Waals surface area contributed by atoms with Gasteiger partial charge in [0.2, 0.25) is 5.91 Å². The van der Waals surface area contributed by atoms with Gasteiger partial charge in [-0.2, -0.15) is 16.4 Å². The predicted molar refractivity (Wildman–Crippen MR) is 117 cm³/mol. The van der Waals surface area contributed by atoms with Crippen molar-refractivity contribution in [1.29, 1.82) is 0 Å². The largest absolute Gasteiger partial charge is 0.493 e. The third kappa shape index (κ3) is 4.86. The Morgan fingerprint density at radius 2 is 2.00 bits per heavy atom. The molecular weight excluding hydrogens is 386 g/mol. The molecule has 0 saturated carbocycles. The zero-order chi connectivity index (χ0) is 20.8. The Bertz CT molecular complexity index is 1010. The smallest absolute Gasteiger partial charge is 0.244 e. The number of aromatic nitrogens is 2.